The minimum absolute atomic E-state index is 0.0338. The second kappa shape index (κ2) is 8.93. The molecule has 0 fully saturated rings. The maximum atomic E-state index is 13.0. The van der Waals surface area contributed by atoms with Crippen molar-refractivity contribution in [2.24, 2.45) is 0 Å². The predicted octanol–water partition coefficient (Wildman–Crippen LogP) is 7.99. The summed E-state index contributed by atoms with van der Waals surface area (Å²) in [6.45, 7) is 4.08. The van der Waals surface area contributed by atoms with Crippen LogP contribution < -0.4 is 5.32 Å². The van der Waals surface area contributed by atoms with E-state index >= 15 is 0 Å². The molecule has 32 heavy (non-hydrogen) atoms. The van der Waals surface area contributed by atoms with Crippen LogP contribution in [0.2, 0.25) is 5.02 Å². The third-order valence-electron chi connectivity index (χ3n) is 5.54. The minimum atomic E-state index is -4.37. The van der Waals surface area contributed by atoms with Gasteiger partial charge in [0, 0.05) is 28.1 Å². The molecule has 0 saturated heterocycles. The molecular formula is C26H22ClF3N2. The van der Waals surface area contributed by atoms with Crippen LogP contribution >= 0.6 is 11.6 Å². The average molecular weight is 455 g/mol. The summed E-state index contributed by atoms with van der Waals surface area (Å²) in [4.78, 5) is 4.86. The van der Waals surface area contributed by atoms with Crippen molar-refractivity contribution in [3.8, 4) is 11.3 Å². The van der Waals surface area contributed by atoms with Gasteiger partial charge >= 0.3 is 6.18 Å². The van der Waals surface area contributed by atoms with Gasteiger partial charge in [-0.2, -0.15) is 13.2 Å². The van der Waals surface area contributed by atoms with Crippen LogP contribution in [-0.4, -0.2) is 4.98 Å². The molecule has 4 aromatic rings. The number of rotatable bonds is 5. The number of hydrogen-bond donors (Lipinski definition) is 1. The number of nitrogens with zero attached hydrogens (tertiary/aromatic N) is 1. The van der Waals surface area contributed by atoms with Crippen LogP contribution in [0.15, 0.2) is 78.9 Å². The maximum Gasteiger partial charge on any atom is 0.416 e. The lowest BCUT2D eigenvalue weighted by Gasteiger charge is -2.21. The molecule has 1 heterocycles. The van der Waals surface area contributed by atoms with Crippen LogP contribution in [0.25, 0.3) is 22.0 Å². The van der Waals surface area contributed by atoms with Crippen molar-refractivity contribution in [3.63, 3.8) is 0 Å². The standard InChI is InChI=1S/C26H22ClF3N2/c1-16(19-7-5-8-22(27)14-19)31-17(2)24-15-20-6-3-4-9-23(20)25(32-24)18-10-12-21(13-11-18)26(28,29)30/h3-17,31H,1-2H3/t16-,17?/m1/s1. The molecule has 0 saturated carbocycles. The van der Waals surface area contributed by atoms with Crippen molar-refractivity contribution >= 4 is 22.4 Å². The molecule has 2 nitrogen and oxygen atoms in total. The number of aromatic nitrogens is 1. The minimum Gasteiger partial charge on any atom is -0.302 e. The molecule has 1 N–H and O–H groups in total. The molecule has 0 aliphatic carbocycles. The first-order valence-electron chi connectivity index (χ1n) is 10.3. The summed E-state index contributed by atoms with van der Waals surface area (Å²) in [5.74, 6) is 0. The first-order chi connectivity index (χ1) is 15.2. The van der Waals surface area contributed by atoms with Gasteiger partial charge in [-0.15, -0.1) is 0 Å². The molecule has 4 rings (SSSR count). The Balaban J connectivity index is 1.70. The van der Waals surface area contributed by atoms with E-state index in [9.17, 15) is 13.2 Å². The number of fused-ring (bicyclic) bond motifs is 1. The molecule has 1 unspecified atom stereocenters. The zero-order valence-electron chi connectivity index (χ0n) is 17.6. The van der Waals surface area contributed by atoms with Crippen LogP contribution in [-0.2, 0) is 6.18 Å². The highest BCUT2D eigenvalue weighted by atomic mass is 35.5. The van der Waals surface area contributed by atoms with Gasteiger partial charge in [-0.3, -0.25) is 4.98 Å². The molecule has 0 bridgehead atoms. The first-order valence-corrected chi connectivity index (χ1v) is 10.7. The summed E-state index contributed by atoms with van der Waals surface area (Å²) >= 11 is 6.13. The van der Waals surface area contributed by atoms with Crippen molar-refractivity contribution in [2.45, 2.75) is 32.1 Å². The van der Waals surface area contributed by atoms with Crippen LogP contribution in [0.4, 0.5) is 13.2 Å². The SMILES string of the molecule is CC(N[C@H](C)c1cccc(Cl)c1)c1cc2ccccc2c(-c2ccc(C(F)(F)F)cc2)n1. The fourth-order valence-electron chi connectivity index (χ4n) is 3.81. The Bertz CT molecular complexity index is 1240. The van der Waals surface area contributed by atoms with Crippen molar-refractivity contribution in [1.29, 1.82) is 0 Å². The molecule has 3 aromatic carbocycles. The highest BCUT2D eigenvalue weighted by Crippen LogP contribution is 2.33. The molecule has 164 valence electrons. The Morgan fingerprint density at radius 3 is 2.25 bits per heavy atom. The van der Waals surface area contributed by atoms with Crippen LogP contribution in [0.1, 0.15) is 42.8 Å². The lowest BCUT2D eigenvalue weighted by Crippen LogP contribution is -2.23. The molecule has 0 aliphatic heterocycles. The van der Waals surface area contributed by atoms with E-state index in [4.69, 9.17) is 16.6 Å². The summed E-state index contributed by atoms with van der Waals surface area (Å²) in [7, 11) is 0. The van der Waals surface area contributed by atoms with Crippen molar-refractivity contribution in [3.05, 3.63) is 101 Å². The number of hydrogen-bond acceptors (Lipinski definition) is 2. The number of benzene rings is 3. The van der Waals surface area contributed by atoms with Gasteiger partial charge in [-0.25, -0.2) is 0 Å². The van der Waals surface area contributed by atoms with Gasteiger partial charge in [0.05, 0.1) is 17.0 Å². The third-order valence-corrected chi connectivity index (χ3v) is 5.77. The second-order valence-corrected chi connectivity index (χ2v) is 8.29. The largest absolute Gasteiger partial charge is 0.416 e. The highest BCUT2D eigenvalue weighted by molar-refractivity contribution is 6.30. The smallest absolute Gasteiger partial charge is 0.302 e. The van der Waals surface area contributed by atoms with E-state index in [1.165, 1.54) is 12.1 Å². The summed E-state index contributed by atoms with van der Waals surface area (Å²) in [6, 6.07) is 22.6. The quantitative estimate of drug-likeness (QED) is 0.330. The van der Waals surface area contributed by atoms with Crippen LogP contribution in [0, 0.1) is 0 Å². The lowest BCUT2D eigenvalue weighted by atomic mass is 10.00. The summed E-state index contributed by atoms with van der Waals surface area (Å²) in [5.41, 5.74) is 2.51. The van der Waals surface area contributed by atoms with E-state index in [-0.39, 0.29) is 12.1 Å². The molecule has 0 radical (unpaired) electrons. The number of nitrogens with one attached hydrogen (secondary N) is 1. The van der Waals surface area contributed by atoms with Gasteiger partial charge in [0.2, 0.25) is 0 Å². The molecule has 1 aromatic heterocycles. The van der Waals surface area contributed by atoms with E-state index in [2.05, 4.69) is 12.2 Å². The first kappa shape index (κ1) is 22.3. The van der Waals surface area contributed by atoms with E-state index in [1.54, 1.807) is 0 Å². The summed E-state index contributed by atoms with van der Waals surface area (Å²) in [6.07, 6.45) is -4.37. The number of halogens is 4. The Morgan fingerprint density at radius 1 is 0.844 bits per heavy atom. The second-order valence-electron chi connectivity index (χ2n) is 7.86. The number of pyridine rings is 1. The van der Waals surface area contributed by atoms with Gasteiger partial charge in [-0.05, 0) is 55.1 Å². The third kappa shape index (κ3) is 4.79. The van der Waals surface area contributed by atoms with E-state index in [0.717, 1.165) is 34.2 Å². The van der Waals surface area contributed by atoms with Gasteiger partial charge in [0.25, 0.3) is 0 Å². The molecule has 0 aliphatic rings. The van der Waals surface area contributed by atoms with Gasteiger partial charge in [0.15, 0.2) is 0 Å². The molecule has 2 atom stereocenters. The fourth-order valence-corrected chi connectivity index (χ4v) is 4.01. The molecule has 0 spiro atoms. The summed E-state index contributed by atoms with van der Waals surface area (Å²) in [5, 5.41) is 6.10. The van der Waals surface area contributed by atoms with Gasteiger partial charge in [0.1, 0.15) is 0 Å². The van der Waals surface area contributed by atoms with Crippen molar-refractivity contribution < 1.29 is 13.2 Å². The Hall–Kier alpha value is -2.89. The normalized spacial score (nSPS) is 13.8. The predicted molar refractivity (Wildman–Crippen MR) is 124 cm³/mol. The van der Waals surface area contributed by atoms with Crippen molar-refractivity contribution in [1.82, 2.24) is 10.3 Å². The van der Waals surface area contributed by atoms with Crippen LogP contribution in [0.5, 0.6) is 0 Å². The Labute approximate surface area is 190 Å². The highest BCUT2D eigenvalue weighted by Gasteiger charge is 2.30. The Kier molecular flexibility index (Phi) is 6.22. The fraction of sp³-hybridized carbons (Fsp3) is 0.192. The lowest BCUT2D eigenvalue weighted by molar-refractivity contribution is -0.137. The monoisotopic (exact) mass is 454 g/mol. The van der Waals surface area contributed by atoms with Gasteiger partial charge < -0.3 is 5.32 Å². The zero-order chi connectivity index (χ0) is 22.9. The van der Waals surface area contributed by atoms with E-state index in [0.29, 0.717) is 16.3 Å². The van der Waals surface area contributed by atoms with E-state index < -0.39 is 11.7 Å². The van der Waals surface area contributed by atoms with Crippen molar-refractivity contribution in [2.75, 3.05) is 0 Å². The summed E-state index contributed by atoms with van der Waals surface area (Å²) < 4.78 is 39.0. The topological polar surface area (TPSA) is 24.9 Å². The molecule has 0 amide bonds. The average Bonchev–Trinajstić information content (AvgIpc) is 2.77. The zero-order valence-corrected chi connectivity index (χ0v) is 18.4. The molecule has 6 heteroatoms. The van der Waals surface area contributed by atoms with Gasteiger partial charge in [-0.1, -0.05) is 60.1 Å². The molecular weight excluding hydrogens is 433 g/mol. The van der Waals surface area contributed by atoms with E-state index in [1.807, 2.05) is 61.5 Å². The maximum absolute atomic E-state index is 13.0. The van der Waals surface area contributed by atoms with Crippen LogP contribution in [0.3, 0.4) is 0 Å². The Morgan fingerprint density at radius 2 is 1.56 bits per heavy atom. The number of alkyl halides is 3.